The van der Waals surface area contributed by atoms with E-state index in [0.29, 0.717) is 18.2 Å². The van der Waals surface area contributed by atoms with Gasteiger partial charge in [0.25, 0.3) is 0 Å². The zero-order chi connectivity index (χ0) is 15.9. The lowest BCUT2D eigenvalue weighted by Crippen LogP contribution is -2.24. The molecule has 5 nitrogen and oxygen atoms in total. The van der Waals surface area contributed by atoms with E-state index in [4.69, 9.17) is 4.74 Å². The first-order valence-corrected chi connectivity index (χ1v) is 7.51. The molecule has 0 aliphatic carbocycles. The summed E-state index contributed by atoms with van der Waals surface area (Å²) in [4.78, 5) is 4.46. The van der Waals surface area contributed by atoms with Crippen LogP contribution in [0.2, 0.25) is 0 Å². The molecular formula is C16H21FN4O. The van der Waals surface area contributed by atoms with Gasteiger partial charge in [-0.1, -0.05) is 13.8 Å². The molecule has 1 atom stereocenters. The van der Waals surface area contributed by atoms with Crippen molar-refractivity contribution in [2.45, 2.75) is 39.7 Å². The lowest BCUT2D eigenvalue weighted by atomic mass is 10.2. The van der Waals surface area contributed by atoms with Crippen molar-refractivity contribution in [3.05, 3.63) is 41.5 Å². The Morgan fingerprint density at radius 1 is 1.09 bits per heavy atom. The Kier molecular flexibility index (Phi) is 5.63. The van der Waals surface area contributed by atoms with Gasteiger partial charge in [-0.2, -0.15) is 5.10 Å². The standard InChI is InChI=1S/C16H21FN4O/c1-4-14-15(5-2)20-21-16(19-14)18-10-11(3)22-13-8-6-12(17)7-9-13/h6-9,11H,4-5,10H2,1-3H3,(H,18,19,21). The highest BCUT2D eigenvalue weighted by atomic mass is 19.1. The molecule has 0 aliphatic heterocycles. The van der Waals surface area contributed by atoms with Gasteiger partial charge in [0, 0.05) is 0 Å². The third kappa shape index (κ3) is 4.38. The molecule has 0 bridgehead atoms. The lowest BCUT2D eigenvalue weighted by molar-refractivity contribution is 0.234. The van der Waals surface area contributed by atoms with E-state index in [-0.39, 0.29) is 11.9 Å². The molecule has 22 heavy (non-hydrogen) atoms. The topological polar surface area (TPSA) is 59.9 Å². The fourth-order valence-corrected chi connectivity index (χ4v) is 2.04. The lowest BCUT2D eigenvalue weighted by Gasteiger charge is -2.15. The van der Waals surface area contributed by atoms with Crippen LogP contribution in [0.1, 0.15) is 32.2 Å². The van der Waals surface area contributed by atoms with Gasteiger partial charge in [-0.05, 0) is 44.0 Å². The summed E-state index contributed by atoms with van der Waals surface area (Å²) in [6.07, 6.45) is 1.55. The minimum Gasteiger partial charge on any atom is -0.489 e. The van der Waals surface area contributed by atoms with Crippen LogP contribution in [-0.4, -0.2) is 27.8 Å². The molecule has 2 aromatic rings. The predicted molar refractivity (Wildman–Crippen MR) is 83.6 cm³/mol. The maximum absolute atomic E-state index is 12.8. The van der Waals surface area contributed by atoms with E-state index in [1.54, 1.807) is 12.1 Å². The maximum Gasteiger partial charge on any atom is 0.243 e. The highest BCUT2D eigenvalue weighted by Gasteiger charge is 2.08. The molecule has 0 amide bonds. The predicted octanol–water partition coefficient (Wildman–Crippen LogP) is 3.01. The van der Waals surface area contributed by atoms with Crippen LogP contribution in [0.4, 0.5) is 10.3 Å². The Bertz CT molecular complexity index is 604. The number of nitrogens with zero attached hydrogens (tertiary/aromatic N) is 3. The second-order valence-electron chi connectivity index (χ2n) is 5.00. The largest absolute Gasteiger partial charge is 0.489 e. The molecule has 118 valence electrons. The van der Waals surface area contributed by atoms with Gasteiger partial charge in [-0.3, -0.25) is 0 Å². The quantitative estimate of drug-likeness (QED) is 0.852. The second kappa shape index (κ2) is 7.68. The number of aryl methyl sites for hydroxylation is 2. The van der Waals surface area contributed by atoms with Crippen molar-refractivity contribution in [3.8, 4) is 5.75 Å². The Morgan fingerprint density at radius 3 is 2.41 bits per heavy atom. The Morgan fingerprint density at radius 2 is 1.77 bits per heavy atom. The molecule has 0 saturated carbocycles. The van der Waals surface area contributed by atoms with Crippen LogP contribution in [0.25, 0.3) is 0 Å². The Labute approximate surface area is 129 Å². The molecular weight excluding hydrogens is 283 g/mol. The smallest absolute Gasteiger partial charge is 0.243 e. The number of nitrogens with one attached hydrogen (secondary N) is 1. The maximum atomic E-state index is 12.8. The van der Waals surface area contributed by atoms with Gasteiger partial charge in [0.2, 0.25) is 5.95 Å². The normalized spacial score (nSPS) is 12.0. The summed E-state index contributed by atoms with van der Waals surface area (Å²) >= 11 is 0. The molecule has 1 heterocycles. The van der Waals surface area contributed by atoms with Crippen LogP contribution in [0.15, 0.2) is 24.3 Å². The molecule has 0 saturated heterocycles. The minimum absolute atomic E-state index is 0.106. The fourth-order valence-electron chi connectivity index (χ4n) is 2.04. The first-order chi connectivity index (χ1) is 10.6. The van der Waals surface area contributed by atoms with E-state index in [0.717, 1.165) is 24.2 Å². The number of ether oxygens (including phenoxy) is 1. The van der Waals surface area contributed by atoms with E-state index in [9.17, 15) is 4.39 Å². The van der Waals surface area contributed by atoms with Gasteiger partial charge in [-0.15, -0.1) is 5.10 Å². The van der Waals surface area contributed by atoms with Gasteiger partial charge in [0.15, 0.2) is 0 Å². The van der Waals surface area contributed by atoms with Crippen molar-refractivity contribution in [1.29, 1.82) is 0 Å². The van der Waals surface area contributed by atoms with E-state index in [1.807, 2.05) is 20.8 Å². The molecule has 1 unspecified atom stereocenters. The fraction of sp³-hybridized carbons (Fsp3) is 0.438. The van der Waals surface area contributed by atoms with Crippen molar-refractivity contribution in [2.24, 2.45) is 0 Å². The van der Waals surface area contributed by atoms with Crippen LogP contribution in [0, 0.1) is 5.82 Å². The van der Waals surface area contributed by atoms with Crippen molar-refractivity contribution in [1.82, 2.24) is 15.2 Å². The molecule has 1 aromatic carbocycles. The molecule has 0 aliphatic rings. The van der Waals surface area contributed by atoms with Crippen molar-refractivity contribution in [2.75, 3.05) is 11.9 Å². The van der Waals surface area contributed by atoms with E-state index >= 15 is 0 Å². The minimum atomic E-state index is -0.277. The number of anilines is 1. The molecule has 6 heteroatoms. The third-order valence-electron chi connectivity index (χ3n) is 3.21. The number of aromatic nitrogens is 3. The number of rotatable bonds is 7. The first kappa shape index (κ1) is 16.1. The number of benzene rings is 1. The average molecular weight is 304 g/mol. The average Bonchev–Trinajstić information content (AvgIpc) is 2.54. The number of halogens is 1. The third-order valence-corrected chi connectivity index (χ3v) is 3.21. The Balaban J connectivity index is 1.90. The summed E-state index contributed by atoms with van der Waals surface area (Å²) in [6, 6.07) is 5.96. The van der Waals surface area contributed by atoms with Gasteiger partial charge in [0.05, 0.1) is 17.9 Å². The summed E-state index contributed by atoms with van der Waals surface area (Å²) in [5, 5.41) is 11.4. The first-order valence-electron chi connectivity index (χ1n) is 7.51. The zero-order valence-corrected chi connectivity index (χ0v) is 13.1. The number of hydrogen-bond acceptors (Lipinski definition) is 5. The SMILES string of the molecule is CCc1nnc(NCC(C)Oc2ccc(F)cc2)nc1CC. The molecule has 0 fully saturated rings. The summed E-state index contributed by atoms with van der Waals surface area (Å²) in [7, 11) is 0. The van der Waals surface area contributed by atoms with E-state index in [1.165, 1.54) is 12.1 Å². The molecule has 2 rings (SSSR count). The van der Waals surface area contributed by atoms with Gasteiger partial charge < -0.3 is 10.1 Å². The van der Waals surface area contributed by atoms with Crippen molar-refractivity contribution in [3.63, 3.8) is 0 Å². The summed E-state index contributed by atoms with van der Waals surface area (Å²) < 4.78 is 18.5. The highest BCUT2D eigenvalue weighted by molar-refractivity contribution is 5.26. The van der Waals surface area contributed by atoms with Crippen LogP contribution in [0.5, 0.6) is 5.75 Å². The zero-order valence-electron chi connectivity index (χ0n) is 13.1. The number of hydrogen-bond donors (Lipinski definition) is 1. The molecule has 1 N–H and O–H groups in total. The monoisotopic (exact) mass is 304 g/mol. The van der Waals surface area contributed by atoms with Crippen LogP contribution < -0.4 is 10.1 Å². The van der Waals surface area contributed by atoms with Gasteiger partial charge in [-0.25, -0.2) is 9.37 Å². The summed E-state index contributed by atoms with van der Waals surface area (Å²) in [5.74, 6) is 0.856. The second-order valence-corrected chi connectivity index (χ2v) is 5.00. The van der Waals surface area contributed by atoms with Gasteiger partial charge >= 0.3 is 0 Å². The van der Waals surface area contributed by atoms with Crippen molar-refractivity contribution < 1.29 is 9.13 Å². The van der Waals surface area contributed by atoms with Crippen molar-refractivity contribution >= 4 is 5.95 Å². The summed E-state index contributed by atoms with van der Waals surface area (Å²) in [6.45, 7) is 6.54. The van der Waals surface area contributed by atoms with Crippen LogP contribution in [-0.2, 0) is 12.8 Å². The summed E-state index contributed by atoms with van der Waals surface area (Å²) in [5.41, 5.74) is 1.90. The molecule has 0 radical (unpaired) electrons. The van der Waals surface area contributed by atoms with Crippen LogP contribution >= 0.6 is 0 Å². The molecule has 1 aromatic heterocycles. The van der Waals surface area contributed by atoms with Gasteiger partial charge in [0.1, 0.15) is 17.7 Å². The van der Waals surface area contributed by atoms with Crippen LogP contribution in [0.3, 0.4) is 0 Å². The van der Waals surface area contributed by atoms with E-state index in [2.05, 4.69) is 20.5 Å². The Hall–Kier alpha value is -2.24. The molecule has 0 spiro atoms. The highest BCUT2D eigenvalue weighted by Crippen LogP contribution is 2.13. The van der Waals surface area contributed by atoms with E-state index < -0.39 is 0 Å².